The summed E-state index contributed by atoms with van der Waals surface area (Å²) in [6, 6.07) is 4.20. The highest BCUT2D eigenvalue weighted by Crippen LogP contribution is 2.48. The highest BCUT2D eigenvalue weighted by atomic mass is 16.5. The lowest BCUT2D eigenvalue weighted by atomic mass is 9.84. The summed E-state index contributed by atoms with van der Waals surface area (Å²) in [5, 5.41) is 8.09. The molecular formula is C18H21N3O. The fourth-order valence-electron chi connectivity index (χ4n) is 3.91. The monoisotopic (exact) mass is 295 g/mol. The number of aryl methyl sites for hydroxylation is 1. The Morgan fingerprint density at radius 3 is 2.91 bits per heavy atom. The molecule has 1 aromatic carbocycles. The van der Waals surface area contributed by atoms with Gasteiger partial charge in [-0.3, -0.25) is 0 Å². The molecule has 114 valence electrons. The van der Waals surface area contributed by atoms with Crippen LogP contribution < -0.4 is 0 Å². The molecule has 1 unspecified atom stereocenters. The van der Waals surface area contributed by atoms with Crippen molar-refractivity contribution in [3.63, 3.8) is 0 Å². The maximum absolute atomic E-state index is 8.09. The summed E-state index contributed by atoms with van der Waals surface area (Å²) in [5.41, 5.74) is 5.69. The lowest BCUT2D eigenvalue weighted by Gasteiger charge is -2.33. The minimum absolute atomic E-state index is 0.0543. The van der Waals surface area contributed by atoms with Crippen LogP contribution in [0.25, 0.3) is 5.70 Å². The van der Waals surface area contributed by atoms with Crippen LogP contribution in [-0.4, -0.2) is 36.2 Å². The maximum Gasteiger partial charge on any atom is 0.118 e. The van der Waals surface area contributed by atoms with Gasteiger partial charge in [-0.1, -0.05) is 6.58 Å². The number of hydrogen-bond donors (Lipinski definition) is 1. The molecule has 1 aromatic rings. The molecule has 1 atom stereocenters. The van der Waals surface area contributed by atoms with Crippen LogP contribution >= 0.6 is 0 Å². The first-order chi connectivity index (χ1) is 10.5. The molecule has 2 fully saturated rings. The van der Waals surface area contributed by atoms with Gasteiger partial charge in [0.15, 0.2) is 0 Å². The van der Waals surface area contributed by atoms with Gasteiger partial charge in [0.05, 0.1) is 17.7 Å². The molecular weight excluding hydrogens is 274 g/mol. The van der Waals surface area contributed by atoms with E-state index in [2.05, 4.69) is 30.5 Å². The predicted octanol–water partition coefficient (Wildman–Crippen LogP) is 3.51. The van der Waals surface area contributed by atoms with E-state index in [1.54, 1.807) is 0 Å². The van der Waals surface area contributed by atoms with Gasteiger partial charge in [0.25, 0.3) is 0 Å². The van der Waals surface area contributed by atoms with Gasteiger partial charge < -0.3 is 15.0 Å². The predicted molar refractivity (Wildman–Crippen MR) is 89.0 cm³/mol. The standard InChI is InChI=1S/C18H21N3O/c1-11-8-14(12(2)19)16-15(9-11)13(3)21-6-4-18(17(21)20-16)5-7-22-10-18/h8-9,19H,3-7,10H2,1-2H3. The molecule has 0 saturated carbocycles. The van der Waals surface area contributed by atoms with Crippen molar-refractivity contribution in [2.24, 2.45) is 10.4 Å². The number of ether oxygens (including phenoxy) is 1. The van der Waals surface area contributed by atoms with E-state index < -0.39 is 0 Å². The first-order valence-corrected chi connectivity index (χ1v) is 7.86. The van der Waals surface area contributed by atoms with Crippen LogP contribution in [0.15, 0.2) is 23.7 Å². The number of hydrogen-bond acceptors (Lipinski definition) is 4. The van der Waals surface area contributed by atoms with Crippen molar-refractivity contribution in [3.8, 4) is 0 Å². The molecule has 3 heterocycles. The second kappa shape index (κ2) is 4.53. The van der Waals surface area contributed by atoms with Gasteiger partial charge >= 0.3 is 0 Å². The summed E-state index contributed by atoms with van der Waals surface area (Å²) in [7, 11) is 0. The average Bonchev–Trinajstić information content (AvgIpc) is 3.09. The Morgan fingerprint density at radius 1 is 1.41 bits per heavy atom. The Labute approximate surface area is 131 Å². The summed E-state index contributed by atoms with van der Waals surface area (Å²) in [4.78, 5) is 7.28. The molecule has 1 N–H and O–H groups in total. The van der Waals surface area contributed by atoms with Crippen LogP contribution in [0.4, 0.5) is 5.69 Å². The van der Waals surface area contributed by atoms with E-state index >= 15 is 0 Å². The van der Waals surface area contributed by atoms with Gasteiger partial charge in [-0.15, -0.1) is 0 Å². The Morgan fingerprint density at radius 2 is 2.23 bits per heavy atom. The van der Waals surface area contributed by atoms with E-state index in [4.69, 9.17) is 15.1 Å². The van der Waals surface area contributed by atoms with Gasteiger partial charge in [-0.05, 0) is 44.4 Å². The molecule has 0 aliphatic carbocycles. The number of nitrogens with zero attached hydrogens (tertiary/aromatic N) is 2. The zero-order valence-corrected chi connectivity index (χ0v) is 13.2. The largest absolute Gasteiger partial charge is 0.380 e. The quantitative estimate of drug-likeness (QED) is 0.806. The molecule has 2 saturated heterocycles. The van der Waals surface area contributed by atoms with Crippen LogP contribution in [0.5, 0.6) is 0 Å². The molecule has 3 aliphatic heterocycles. The first-order valence-electron chi connectivity index (χ1n) is 7.86. The maximum atomic E-state index is 8.09. The molecule has 4 nitrogen and oxygen atoms in total. The van der Waals surface area contributed by atoms with E-state index in [1.165, 1.54) is 0 Å². The van der Waals surface area contributed by atoms with Gasteiger partial charge in [-0.2, -0.15) is 0 Å². The number of aliphatic imine (C=N–C) groups is 1. The molecule has 1 spiro atoms. The van der Waals surface area contributed by atoms with Crippen molar-refractivity contribution < 1.29 is 4.74 Å². The second-order valence-electron chi connectivity index (χ2n) is 6.70. The van der Waals surface area contributed by atoms with E-state index in [-0.39, 0.29) is 5.41 Å². The smallest absolute Gasteiger partial charge is 0.118 e. The Hall–Kier alpha value is -1.94. The highest BCUT2D eigenvalue weighted by molar-refractivity contribution is 6.09. The lowest BCUT2D eigenvalue weighted by molar-refractivity contribution is 0.175. The Kier molecular flexibility index (Phi) is 2.82. The second-order valence-corrected chi connectivity index (χ2v) is 6.70. The number of benzene rings is 1. The Balaban J connectivity index is 1.94. The SMILES string of the molecule is C=C1c2cc(C)cc(C(C)=N)c2N=C2N1CCC21CCOC1. The van der Waals surface area contributed by atoms with Crippen LogP contribution in [0.1, 0.15) is 36.5 Å². The topological polar surface area (TPSA) is 48.7 Å². The molecule has 4 heteroatoms. The summed E-state index contributed by atoms with van der Waals surface area (Å²) in [6.45, 7) is 10.8. The molecule has 3 aliphatic rings. The molecule has 4 rings (SSSR count). The van der Waals surface area contributed by atoms with E-state index in [9.17, 15) is 0 Å². The van der Waals surface area contributed by atoms with Gasteiger partial charge in [0.1, 0.15) is 5.84 Å². The number of amidine groups is 1. The third kappa shape index (κ3) is 1.73. The average molecular weight is 295 g/mol. The molecule has 0 aromatic heterocycles. The molecule has 22 heavy (non-hydrogen) atoms. The summed E-state index contributed by atoms with van der Waals surface area (Å²) >= 11 is 0. The normalized spacial score (nSPS) is 26.2. The number of nitrogens with one attached hydrogen (secondary N) is 1. The summed E-state index contributed by atoms with van der Waals surface area (Å²) in [5.74, 6) is 1.11. The van der Waals surface area contributed by atoms with E-state index in [0.29, 0.717) is 5.71 Å². The number of fused-ring (bicyclic) bond motifs is 3. The third-order valence-corrected chi connectivity index (χ3v) is 5.16. The number of rotatable bonds is 1. The minimum atomic E-state index is 0.0543. The molecule has 0 radical (unpaired) electrons. The Bertz CT molecular complexity index is 726. The van der Waals surface area contributed by atoms with Crippen molar-refractivity contribution in [1.82, 2.24) is 4.90 Å². The van der Waals surface area contributed by atoms with Crippen molar-refractivity contribution in [2.45, 2.75) is 26.7 Å². The third-order valence-electron chi connectivity index (χ3n) is 5.16. The van der Waals surface area contributed by atoms with Crippen molar-refractivity contribution in [3.05, 3.63) is 35.4 Å². The van der Waals surface area contributed by atoms with Crippen molar-refractivity contribution in [1.29, 1.82) is 5.41 Å². The summed E-state index contributed by atoms with van der Waals surface area (Å²) in [6.07, 6.45) is 2.12. The van der Waals surface area contributed by atoms with Crippen LogP contribution in [0.3, 0.4) is 0 Å². The van der Waals surface area contributed by atoms with Crippen molar-refractivity contribution >= 4 is 22.9 Å². The highest BCUT2D eigenvalue weighted by Gasteiger charge is 2.49. The van der Waals surface area contributed by atoms with E-state index in [0.717, 1.165) is 66.5 Å². The van der Waals surface area contributed by atoms with Gasteiger partial charge in [0.2, 0.25) is 0 Å². The molecule has 0 amide bonds. The van der Waals surface area contributed by atoms with E-state index in [1.807, 2.05) is 6.92 Å². The fourth-order valence-corrected chi connectivity index (χ4v) is 3.91. The summed E-state index contributed by atoms with van der Waals surface area (Å²) < 4.78 is 5.67. The van der Waals surface area contributed by atoms with Gasteiger partial charge in [0, 0.05) is 35.7 Å². The zero-order valence-electron chi connectivity index (χ0n) is 13.2. The van der Waals surface area contributed by atoms with Crippen LogP contribution in [-0.2, 0) is 4.74 Å². The fraction of sp³-hybridized carbons (Fsp3) is 0.444. The zero-order chi connectivity index (χ0) is 15.5. The minimum Gasteiger partial charge on any atom is -0.380 e. The van der Waals surface area contributed by atoms with Gasteiger partial charge in [-0.25, -0.2) is 4.99 Å². The molecule has 0 bridgehead atoms. The lowest BCUT2D eigenvalue weighted by Crippen LogP contribution is -2.36. The van der Waals surface area contributed by atoms with Crippen molar-refractivity contribution in [2.75, 3.05) is 19.8 Å². The van der Waals surface area contributed by atoms with Crippen LogP contribution in [0.2, 0.25) is 0 Å². The first kappa shape index (κ1) is 13.7. The van der Waals surface area contributed by atoms with Crippen LogP contribution in [0, 0.1) is 17.7 Å².